The minimum atomic E-state index is -0.782. The number of hydrogen-bond donors (Lipinski definition) is 1. The molecule has 1 fully saturated rings. The number of aromatic nitrogens is 2. The Morgan fingerprint density at radius 1 is 1.52 bits per heavy atom. The zero-order valence-electron chi connectivity index (χ0n) is 13.2. The fraction of sp³-hybridized carbons (Fsp3) is 0.471. The van der Waals surface area contributed by atoms with E-state index in [4.69, 9.17) is 4.74 Å². The molecule has 6 nitrogen and oxygen atoms in total. The van der Waals surface area contributed by atoms with Crippen molar-refractivity contribution in [1.29, 1.82) is 0 Å². The van der Waals surface area contributed by atoms with Crippen LogP contribution < -0.4 is 10.3 Å². The van der Waals surface area contributed by atoms with E-state index in [0.29, 0.717) is 17.9 Å². The molecule has 1 heterocycles. The second-order valence-corrected chi connectivity index (χ2v) is 6.33. The van der Waals surface area contributed by atoms with Crippen LogP contribution in [0.25, 0.3) is 0 Å². The van der Waals surface area contributed by atoms with Gasteiger partial charge in [-0.25, -0.2) is 4.68 Å². The van der Waals surface area contributed by atoms with Crippen molar-refractivity contribution in [2.75, 3.05) is 6.61 Å². The third-order valence-electron chi connectivity index (χ3n) is 4.86. The van der Waals surface area contributed by atoms with Gasteiger partial charge in [0.2, 0.25) is 0 Å². The molecule has 1 aromatic rings. The van der Waals surface area contributed by atoms with Gasteiger partial charge in [-0.15, -0.1) is 0 Å². The molecule has 1 N–H and O–H groups in total. The largest absolute Gasteiger partial charge is 0.491 e. The highest BCUT2D eigenvalue weighted by Crippen LogP contribution is 2.60. The summed E-state index contributed by atoms with van der Waals surface area (Å²) in [7, 11) is 1.58. The molecule has 23 heavy (non-hydrogen) atoms. The molecular weight excluding hydrogens is 296 g/mol. The monoisotopic (exact) mass is 316 g/mol. The third kappa shape index (κ3) is 2.81. The van der Waals surface area contributed by atoms with E-state index in [-0.39, 0.29) is 18.1 Å². The maximum atomic E-state index is 11.7. The normalized spacial score (nSPS) is 28.6. The molecular formula is C17H20N2O4. The quantitative estimate of drug-likeness (QED) is 0.894. The number of aryl methyl sites for hydroxylation is 2. The molecule has 3 atom stereocenters. The SMILES string of the molecule is Cc1nn(C)c(=O)cc1OC[C@@]1(C2C=CC=CC2)C[C@H]1C(=O)O. The topological polar surface area (TPSA) is 81.4 Å². The van der Waals surface area contributed by atoms with Gasteiger partial charge in [-0.2, -0.15) is 5.10 Å². The molecule has 0 bridgehead atoms. The van der Waals surface area contributed by atoms with Crippen LogP contribution in [0.5, 0.6) is 5.75 Å². The summed E-state index contributed by atoms with van der Waals surface area (Å²) in [5, 5.41) is 13.5. The molecule has 3 rings (SSSR count). The van der Waals surface area contributed by atoms with Gasteiger partial charge >= 0.3 is 5.97 Å². The second kappa shape index (κ2) is 5.68. The van der Waals surface area contributed by atoms with Gasteiger partial charge in [0, 0.05) is 18.5 Å². The van der Waals surface area contributed by atoms with E-state index >= 15 is 0 Å². The standard InChI is InChI=1S/C17H20N2O4/c1-11-14(8-15(20)19(2)18-11)23-10-17(9-13(17)16(21)22)12-6-4-3-5-7-12/h3-6,8,12-13H,7,9-10H2,1-2H3,(H,21,22)/t12?,13-,17+/m0/s1. The summed E-state index contributed by atoms with van der Waals surface area (Å²) in [6.07, 6.45) is 9.45. The molecule has 0 spiro atoms. The lowest BCUT2D eigenvalue weighted by Crippen LogP contribution is -2.28. The first-order chi connectivity index (χ1) is 10.9. The van der Waals surface area contributed by atoms with E-state index in [9.17, 15) is 14.7 Å². The first kappa shape index (κ1) is 15.5. The van der Waals surface area contributed by atoms with Gasteiger partial charge in [-0.05, 0) is 25.7 Å². The molecule has 0 saturated heterocycles. The molecule has 2 aliphatic rings. The molecule has 1 saturated carbocycles. The van der Waals surface area contributed by atoms with Gasteiger partial charge in [0.25, 0.3) is 5.56 Å². The van der Waals surface area contributed by atoms with Gasteiger partial charge in [-0.1, -0.05) is 24.3 Å². The zero-order valence-corrected chi connectivity index (χ0v) is 13.2. The lowest BCUT2D eigenvalue weighted by molar-refractivity contribution is -0.140. The number of hydrogen-bond acceptors (Lipinski definition) is 4. The summed E-state index contributed by atoms with van der Waals surface area (Å²) in [5.74, 6) is -0.605. The predicted molar refractivity (Wildman–Crippen MR) is 84.3 cm³/mol. The van der Waals surface area contributed by atoms with Crippen LogP contribution in [-0.4, -0.2) is 27.5 Å². The summed E-state index contributed by atoms with van der Waals surface area (Å²) in [5.41, 5.74) is -0.0276. The first-order valence-corrected chi connectivity index (χ1v) is 7.68. The number of carboxylic acid groups (broad SMARTS) is 1. The van der Waals surface area contributed by atoms with Crippen LogP contribution in [0.2, 0.25) is 0 Å². The summed E-state index contributed by atoms with van der Waals surface area (Å²) in [4.78, 5) is 23.1. The molecule has 1 aromatic heterocycles. The first-order valence-electron chi connectivity index (χ1n) is 7.68. The van der Waals surface area contributed by atoms with Crippen molar-refractivity contribution < 1.29 is 14.6 Å². The number of allylic oxidation sites excluding steroid dienone is 4. The van der Waals surface area contributed by atoms with Crippen LogP contribution in [0.15, 0.2) is 35.2 Å². The van der Waals surface area contributed by atoms with Gasteiger partial charge in [0.05, 0.1) is 12.5 Å². The maximum absolute atomic E-state index is 11.7. The number of ether oxygens (including phenoxy) is 1. The average molecular weight is 316 g/mol. The highest BCUT2D eigenvalue weighted by atomic mass is 16.5. The van der Waals surface area contributed by atoms with E-state index in [1.807, 2.05) is 12.2 Å². The van der Waals surface area contributed by atoms with Crippen molar-refractivity contribution in [3.05, 3.63) is 46.4 Å². The van der Waals surface area contributed by atoms with Crippen LogP contribution in [0.1, 0.15) is 18.5 Å². The van der Waals surface area contributed by atoms with Crippen molar-refractivity contribution in [2.45, 2.75) is 19.8 Å². The van der Waals surface area contributed by atoms with Crippen LogP contribution in [0.4, 0.5) is 0 Å². The van der Waals surface area contributed by atoms with E-state index < -0.39 is 17.3 Å². The van der Waals surface area contributed by atoms with Crippen LogP contribution in [-0.2, 0) is 11.8 Å². The molecule has 0 aromatic carbocycles. The lowest BCUT2D eigenvalue weighted by atomic mass is 9.82. The Kier molecular flexibility index (Phi) is 3.83. The smallest absolute Gasteiger partial charge is 0.307 e. The fourth-order valence-electron chi connectivity index (χ4n) is 3.33. The summed E-state index contributed by atoms with van der Waals surface area (Å²) < 4.78 is 7.09. The van der Waals surface area contributed by atoms with E-state index in [0.717, 1.165) is 6.42 Å². The van der Waals surface area contributed by atoms with Gasteiger partial charge in [0.15, 0.2) is 0 Å². The maximum Gasteiger partial charge on any atom is 0.307 e. The number of rotatable bonds is 5. The number of carboxylic acids is 1. The van der Waals surface area contributed by atoms with E-state index in [1.54, 1.807) is 14.0 Å². The average Bonchev–Trinajstić information content (AvgIpc) is 3.27. The number of aliphatic carboxylic acids is 1. The Labute approximate surface area is 134 Å². The van der Waals surface area contributed by atoms with Crippen molar-refractivity contribution >= 4 is 5.97 Å². The highest BCUT2D eigenvalue weighted by molar-refractivity contribution is 5.75. The van der Waals surface area contributed by atoms with Gasteiger partial charge in [0.1, 0.15) is 11.4 Å². The van der Waals surface area contributed by atoms with Crippen LogP contribution >= 0.6 is 0 Å². The van der Waals surface area contributed by atoms with Crippen LogP contribution in [0, 0.1) is 24.2 Å². The summed E-state index contributed by atoms with van der Waals surface area (Å²) in [6, 6.07) is 1.41. The Morgan fingerprint density at radius 2 is 2.30 bits per heavy atom. The van der Waals surface area contributed by atoms with Crippen molar-refractivity contribution in [3.8, 4) is 5.75 Å². The molecule has 2 aliphatic carbocycles. The lowest BCUT2D eigenvalue weighted by Gasteiger charge is -2.26. The van der Waals surface area contributed by atoms with E-state index in [1.165, 1.54) is 10.7 Å². The molecule has 6 heteroatoms. The molecule has 0 amide bonds. The Bertz CT molecular complexity index is 749. The van der Waals surface area contributed by atoms with Gasteiger partial charge in [-0.3, -0.25) is 9.59 Å². The highest BCUT2D eigenvalue weighted by Gasteiger charge is 2.62. The second-order valence-electron chi connectivity index (χ2n) is 6.33. The summed E-state index contributed by atoms with van der Waals surface area (Å²) in [6.45, 7) is 2.05. The molecule has 1 unspecified atom stereocenters. The Hall–Kier alpha value is -2.37. The zero-order chi connectivity index (χ0) is 16.6. The molecule has 0 radical (unpaired) electrons. The van der Waals surface area contributed by atoms with E-state index in [2.05, 4.69) is 17.3 Å². The Morgan fingerprint density at radius 3 is 2.91 bits per heavy atom. The van der Waals surface area contributed by atoms with Crippen LogP contribution in [0.3, 0.4) is 0 Å². The Balaban J connectivity index is 1.80. The van der Waals surface area contributed by atoms with Crippen molar-refractivity contribution in [1.82, 2.24) is 9.78 Å². The number of nitrogens with zero attached hydrogens (tertiary/aromatic N) is 2. The van der Waals surface area contributed by atoms with Crippen molar-refractivity contribution in [3.63, 3.8) is 0 Å². The summed E-state index contributed by atoms with van der Waals surface area (Å²) >= 11 is 0. The third-order valence-corrected chi connectivity index (χ3v) is 4.86. The van der Waals surface area contributed by atoms with Crippen molar-refractivity contribution in [2.24, 2.45) is 24.3 Å². The molecule has 122 valence electrons. The number of carbonyl (C=O) groups is 1. The minimum absolute atomic E-state index is 0.147. The predicted octanol–water partition coefficient (Wildman–Crippen LogP) is 1.69. The van der Waals surface area contributed by atoms with Gasteiger partial charge < -0.3 is 9.84 Å². The molecule has 0 aliphatic heterocycles. The minimum Gasteiger partial charge on any atom is -0.491 e. The fourth-order valence-corrected chi connectivity index (χ4v) is 3.33.